The van der Waals surface area contributed by atoms with E-state index >= 15 is 0 Å². The maximum absolute atomic E-state index is 12.4. The average molecular weight is 406 g/mol. The quantitative estimate of drug-likeness (QED) is 0.569. The van der Waals surface area contributed by atoms with Gasteiger partial charge in [0.05, 0.1) is 0 Å². The molecule has 8 nitrogen and oxygen atoms in total. The van der Waals surface area contributed by atoms with Crippen LogP contribution >= 0.6 is 0 Å². The summed E-state index contributed by atoms with van der Waals surface area (Å²) < 4.78 is 5.25. The summed E-state index contributed by atoms with van der Waals surface area (Å²) in [6.07, 6.45) is 2.21. The number of aromatic nitrogens is 3. The topological polar surface area (TPSA) is 96.2 Å². The zero-order valence-corrected chi connectivity index (χ0v) is 17.5. The highest BCUT2D eigenvalue weighted by Gasteiger charge is 2.28. The van der Waals surface area contributed by atoms with E-state index in [-0.39, 0.29) is 5.91 Å². The standard InChI is InChI=1S/C22H26N6O2/c1-4-28(5-2)21-13-20(23-14(3)24-21)25-16-8-10-17(11-9-16)26-22(29)18-12-19(30-27-18)15-6-7-15/h8-13,15H,4-7H2,1-3H3,(H,26,29)(H,23,24,25). The van der Waals surface area contributed by atoms with E-state index in [4.69, 9.17) is 4.52 Å². The first-order chi connectivity index (χ1) is 14.6. The molecule has 2 aromatic heterocycles. The Labute approximate surface area is 175 Å². The van der Waals surface area contributed by atoms with E-state index in [0.29, 0.717) is 23.1 Å². The predicted octanol–water partition coefficient (Wildman–Crippen LogP) is 4.49. The third kappa shape index (κ3) is 4.59. The van der Waals surface area contributed by atoms with E-state index in [1.807, 2.05) is 37.3 Å². The van der Waals surface area contributed by atoms with Crippen molar-refractivity contribution in [3.63, 3.8) is 0 Å². The average Bonchev–Trinajstić information content (AvgIpc) is 3.46. The van der Waals surface area contributed by atoms with Crippen molar-refractivity contribution in [2.75, 3.05) is 28.6 Å². The fourth-order valence-corrected chi connectivity index (χ4v) is 3.26. The molecular weight excluding hydrogens is 380 g/mol. The van der Waals surface area contributed by atoms with Gasteiger partial charge < -0.3 is 20.1 Å². The summed E-state index contributed by atoms with van der Waals surface area (Å²) in [5, 5.41) is 10.0. The molecule has 1 fully saturated rings. The van der Waals surface area contributed by atoms with E-state index in [0.717, 1.165) is 49.0 Å². The van der Waals surface area contributed by atoms with Gasteiger partial charge in [0, 0.05) is 42.5 Å². The first kappa shape index (κ1) is 19.9. The van der Waals surface area contributed by atoms with E-state index in [2.05, 4.69) is 44.5 Å². The van der Waals surface area contributed by atoms with Gasteiger partial charge in [-0.25, -0.2) is 9.97 Å². The fraction of sp³-hybridized carbons (Fsp3) is 0.364. The predicted molar refractivity (Wildman–Crippen MR) is 116 cm³/mol. The van der Waals surface area contributed by atoms with Crippen molar-refractivity contribution in [1.82, 2.24) is 15.1 Å². The Morgan fingerprint density at radius 1 is 1.10 bits per heavy atom. The van der Waals surface area contributed by atoms with Crippen LogP contribution in [0.4, 0.5) is 23.0 Å². The van der Waals surface area contributed by atoms with Gasteiger partial charge >= 0.3 is 0 Å². The lowest BCUT2D eigenvalue weighted by atomic mass is 10.2. The molecule has 2 N–H and O–H groups in total. The molecule has 0 saturated heterocycles. The smallest absolute Gasteiger partial charge is 0.277 e. The highest BCUT2D eigenvalue weighted by Crippen LogP contribution is 2.40. The van der Waals surface area contributed by atoms with Crippen molar-refractivity contribution in [2.24, 2.45) is 0 Å². The summed E-state index contributed by atoms with van der Waals surface area (Å²) in [6.45, 7) is 7.86. The molecule has 1 saturated carbocycles. The molecule has 156 valence electrons. The van der Waals surface area contributed by atoms with Crippen molar-refractivity contribution >= 4 is 28.9 Å². The molecule has 0 aliphatic heterocycles. The van der Waals surface area contributed by atoms with Crippen LogP contribution in [0, 0.1) is 6.92 Å². The van der Waals surface area contributed by atoms with E-state index in [1.54, 1.807) is 6.07 Å². The van der Waals surface area contributed by atoms with Crippen LogP contribution in [0.2, 0.25) is 0 Å². The third-order valence-corrected chi connectivity index (χ3v) is 5.07. The van der Waals surface area contributed by atoms with Gasteiger partial charge in [0.15, 0.2) is 5.69 Å². The second kappa shape index (κ2) is 8.52. The maximum atomic E-state index is 12.4. The number of aryl methyl sites for hydroxylation is 1. The minimum Gasteiger partial charge on any atom is -0.360 e. The van der Waals surface area contributed by atoms with Crippen LogP contribution in [0.1, 0.15) is 54.7 Å². The van der Waals surface area contributed by atoms with Crippen molar-refractivity contribution in [3.05, 3.63) is 53.7 Å². The molecule has 1 aliphatic rings. The summed E-state index contributed by atoms with van der Waals surface area (Å²) in [5.41, 5.74) is 1.86. The van der Waals surface area contributed by atoms with Crippen LogP contribution < -0.4 is 15.5 Å². The summed E-state index contributed by atoms with van der Waals surface area (Å²) in [7, 11) is 0. The van der Waals surface area contributed by atoms with Gasteiger partial charge in [-0.1, -0.05) is 5.16 Å². The molecular formula is C22H26N6O2. The number of hydrogen-bond donors (Lipinski definition) is 2. The molecule has 0 unspecified atom stereocenters. The number of hydrogen-bond acceptors (Lipinski definition) is 7. The van der Waals surface area contributed by atoms with Crippen molar-refractivity contribution in [3.8, 4) is 0 Å². The largest absolute Gasteiger partial charge is 0.360 e. The highest BCUT2D eigenvalue weighted by atomic mass is 16.5. The van der Waals surface area contributed by atoms with E-state index in [1.165, 1.54) is 0 Å². The number of nitrogens with zero attached hydrogens (tertiary/aromatic N) is 4. The van der Waals surface area contributed by atoms with Crippen LogP contribution in [0.3, 0.4) is 0 Å². The fourth-order valence-electron chi connectivity index (χ4n) is 3.26. The number of anilines is 4. The Morgan fingerprint density at radius 3 is 2.47 bits per heavy atom. The molecule has 3 aromatic rings. The van der Waals surface area contributed by atoms with Gasteiger partial charge in [-0.15, -0.1) is 0 Å². The monoisotopic (exact) mass is 406 g/mol. The third-order valence-electron chi connectivity index (χ3n) is 5.07. The van der Waals surface area contributed by atoms with E-state index in [9.17, 15) is 4.79 Å². The van der Waals surface area contributed by atoms with Crippen LogP contribution in [0.5, 0.6) is 0 Å². The summed E-state index contributed by atoms with van der Waals surface area (Å²) in [6, 6.07) is 11.1. The highest BCUT2D eigenvalue weighted by molar-refractivity contribution is 6.02. The molecule has 0 radical (unpaired) electrons. The molecule has 1 amide bonds. The second-order valence-corrected chi connectivity index (χ2v) is 7.38. The van der Waals surface area contributed by atoms with Crippen molar-refractivity contribution in [1.29, 1.82) is 0 Å². The SMILES string of the molecule is CCN(CC)c1cc(Nc2ccc(NC(=O)c3cc(C4CC4)on3)cc2)nc(C)n1. The Hall–Kier alpha value is -3.42. The molecule has 8 heteroatoms. The van der Waals surface area contributed by atoms with Crippen LogP contribution in [-0.4, -0.2) is 34.1 Å². The van der Waals surface area contributed by atoms with Crippen molar-refractivity contribution < 1.29 is 9.32 Å². The van der Waals surface area contributed by atoms with Crippen LogP contribution in [0.25, 0.3) is 0 Å². The summed E-state index contributed by atoms with van der Waals surface area (Å²) in [5.74, 6) is 3.29. The molecule has 30 heavy (non-hydrogen) atoms. The molecule has 4 rings (SSSR count). The number of rotatable bonds is 8. The lowest BCUT2D eigenvalue weighted by Gasteiger charge is -2.20. The summed E-state index contributed by atoms with van der Waals surface area (Å²) >= 11 is 0. The maximum Gasteiger partial charge on any atom is 0.277 e. The first-order valence-electron chi connectivity index (χ1n) is 10.3. The van der Waals surface area contributed by atoms with Gasteiger partial charge in [-0.3, -0.25) is 4.79 Å². The zero-order valence-electron chi connectivity index (χ0n) is 17.5. The van der Waals surface area contributed by atoms with Crippen molar-refractivity contribution in [2.45, 2.75) is 39.5 Å². The number of benzene rings is 1. The Balaban J connectivity index is 1.41. The molecule has 2 heterocycles. The molecule has 1 aromatic carbocycles. The lowest BCUT2D eigenvalue weighted by Crippen LogP contribution is -2.23. The minimum atomic E-state index is -0.276. The van der Waals surface area contributed by atoms with E-state index < -0.39 is 0 Å². The first-order valence-corrected chi connectivity index (χ1v) is 10.3. The number of carbonyl (C=O) groups excluding carboxylic acids is 1. The van der Waals surface area contributed by atoms with Gasteiger partial charge in [-0.2, -0.15) is 0 Å². The van der Waals surface area contributed by atoms with Crippen LogP contribution in [0.15, 0.2) is 40.9 Å². The molecule has 1 aliphatic carbocycles. The normalized spacial score (nSPS) is 13.2. The Kier molecular flexibility index (Phi) is 5.65. The second-order valence-electron chi connectivity index (χ2n) is 7.38. The zero-order chi connectivity index (χ0) is 21.1. The summed E-state index contributed by atoms with van der Waals surface area (Å²) in [4.78, 5) is 23.5. The Morgan fingerprint density at radius 2 is 1.80 bits per heavy atom. The minimum absolute atomic E-state index is 0.276. The van der Waals surface area contributed by atoms with Gasteiger partial charge in [-0.05, 0) is 57.9 Å². The number of nitrogens with one attached hydrogen (secondary N) is 2. The van der Waals surface area contributed by atoms with Crippen LogP contribution in [-0.2, 0) is 0 Å². The molecule has 0 spiro atoms. The number of amides is 1. The number of carbonyl (C=O) groups is 1. The lowest BCUT2D eigenvalue weighted by molar-refractivity contribution is 0.101. The van der Waals surface area contributed by atoms with Gasteiger partial charge in [0.2, 0.25) is 0 Å². The Bertz CT molecular complexity index is 1020. The van der Waals surface area contributed by atoms with Gasteiger partial charge in [0.1, 0.15) is 23.2 Å². The molecule has 0 atom stereocenters. The van der Waals surface area contributed by atoms with Gasteiger partial charge in [0.25, 0.3) is 5.91 Å². The molecule has 0 bridgehead atoms.